The molecule has 1 aromatic heterocycles. The van der Waals surface area contributed by atoms with E-state index < -0.39 is 11.7 Å². The van der Waals surface area contributed by atoms with Crippen molar-refractivity contribution in [2.45, 2.75) is 6.92 Å². The number of fused-ring (bicyclic) bond motifs is 1. The van der Waals surface area contributed by atoms with E-state index in [-0.39, 0.29) is 10.6 Å². The summed E-state index contributed by atoms with van der Waals surface area (Å²) >= 11 is 5.70. The fourth-order valence-electron chi connectivity index (χ4n) is 2.29. The van der Waals surface area contributed by atoms with Crippen molar-refractivity contribution in [3.63, 3.8) is 0 Å². The Morgan fingerprint density at radius 3 is 2.82 bits per heavy atom. The van der Waals surface area contributed by atoms with Gasteiger partial charge in [-0.3, -0.25) is 9.78 Å². The lowest BCUT2D eigenvalue weighted by Gasteiger charge is -2.10. The number of aryl methyl sites for hydroxylation is 1. The normalized spacial score (nSPS) is 10.7. The first-order valence-electron chi connectivity index (χ1n) is 6.67. The molecule has 0 aliphatic rings. The maximum absolute atomic E-state index is 13.8. The van der Waals surface area contributed by atoms with Gasteiger partial charge in [-0.25, -0.2) is 4.39 Å². The largest absolute Gasteiger partial charge is 0.321 e. The van der Waals surface area contributed by atoms with Gasteiger partial charge in [0.1, 0.15) is 5.82 Å². The highest BCUT2D eigenvalue weighted by Gasteiger charge is 2.14. The summed E-state index contributed by atoms with van der Waals surface area (Å²) < 4.78 is 13.8. The quantitative estimate of drug-likeness (QED) is 0.751. The molecule has 22 heavy (non-hydrogen) atoms. The molecule has 1 amide bonds. The molecule has 0 aliphatic carbocycles. The van der Waals surface area contributed by atoms with E-state index in [1.807, 2.05) is 19.1 Å². The van der Waals surface area contributed by atoms with Crippen LogP contribution in [0.4, 0.5) is 10.1 Å². The number of amides is 1. The monoisotopic (exact) mass is 314 g/mol. The van der Waals surface area contributed by atoms with E-state index in [9.17, 15) is 9.18 Å². The minimum Gasteiger partial charge on any atom is -0.321 e. The Labute approximate surface area is 131 Å². The molecule has 110 valence electrons. The molecule has 0 bridgehead atoms. The molecule has 0 fully saturated rings. The summed E-state index contributed by atoms with van der Waals surface area (Å²) in [7, 11) is 0. The SMILES string of the molecule is Cc1ccc(NC(=O)c2ccc(Cl)cc2F)c2cccnc12. The minimum absolute atomic E-state index is 0.0537. The van der Waals surface area contributed by atoms with Crippen LogP contribution in [0.3, 0.4) is 0 Å². The van der Waals surface area contributed by atoms with Gasteiger partial charge in [-0.1, -0.05) is 17.7 Å². The zero-order valence-electron chi connectivity index (χ0n) is 11.7. The van der Waals surface area contributed by atoms with Gasteiger partial charge in [0.2, 0.25) is 0 Å². The van der Waals surface area contributed by atoms with Gasteiger partial charge in [-0.15, -0.1) is 0 Å². The highest BCUT2D eigenvalue weighted by molar-refractivity contribution is 6.30. The van der Waals surface area contributed by atoms with E-state index in [2.05, 4.69) is 10.3 Å². The molecule has 0 unspecified atom stereocenters. The fraction of sp³-hybridized carbons (Fsp3) is 0.0588. The average molecular weight is 315 g/mol. The number of nitrogens with one attached hydrogen (secondary N) is 1. The number of aromatic nitrogens is 1. The lowest BCUT2D eigenvalue weighted by molar-refractivity contribution is 0.102. The first kappa shape index (κ1) is 14.5. The maximum atomic E-state index is 13.8. The number of hydrogen-bond acceptors (Lipinski definition) is 2. The van der Waals surface area contributed by atoms with Gasteiger partial charge in [0.05, 0.1) is 16.8 Å². The Hall–Kier alpha value is -2.46. The third-order valence-corrected chi connectivity index (χ3v) is 3.63. The molecular formula is C17H12ClFN2O. The van der Waals surface area contributed by atoms with Crippen molar-refractivity contribution in [2.24, 2.45) is 0 Å². The van der Waals surface area contributed by atoms with Crippen LogP contribution in [-0.4, -0.2) is 10.9 Å². The molecule has 0 spiro atoms. The molecular weight excluding hydrogens is 303 g/mol. The number of halogens is 2. The molecule has 3 nitrogen and oxygen atoms in total. The minimum atomic E-state index is -0.653. The van der Waals surface area contributed by atoms with Gasteiger partial charge in [-0.05, 0) is 48.9 Å². The van der Waals surface area contributed by atoms with E-state index in [4.69, 9.17) is 11.6 Å². The van der Waals surface area contributed by atoms with Crippen LogP contribution in [0.25, 0.3) is 10.9 Å². The van der Waals surface area contributed by atoms with Crippen LogP contribution in [0.2, 0.25) is 5.02 Å². The summed E-state index contributed by atoms with van der Waals surface area (Å²) in [6.07, 6.45) is 1.69. The Balaban J connectivity index is 2.00. The Bertz CT molecular complexity index is 880. The van der Waals surface area contributed by atoms with Crippen LogP contribution < -0.4 is 5.32 Å². The zero-order valence-corrected chi connectivity index (χ0v) is 12.5. The van der Waals surface area contributed by atoms with Gasteiger partial charge < -0.3 is 5.32 Å². The average Bonchev–Trinajstić information content (AvgIpc) is 2.50. The number of nitrogens with zero attached hydrogens (tertiary/aromatic N) is 1. The van der Waals surface area contributed by atoms with E-state index in [1.54, 1.807) is 18.3 Å². The van der Waals surface area contributed by atoms with Crippen molar-refractivity contribution >= 4 is 34.1 Å². The molecule has 0 radical (unpaired) electrons. The zero-order chi connectivity index (χ0) is 15.7. The number of anilines is 1. The number of pyridine rings is 1. The lowest BCUT2D eigenvalue weighted by Crippen LogP contribution is -2.14. The molecule has 0 aliphatic heterocycles. The first-order chi connectivity index (χ1) is 10.6. The van der Waals surface area contributed by atoms with Crippen molar-refractivity contribution in [2.75, 3.05) is 5.32 Å². The van der Waals surface area contributed by atoms with Crippen molar-refractivity contribution in [3.05, 3.63) is 70.6 Å². The van der Waals surface area contributed by atoms with Crippen LogP contribution in [-0.2, 0) is 0 Å². The van der Waals surface area contributed by atoms with Crippen molar-refractivity contribution in [1.82, 2.24) is 4.98 Å². The summed E-state index contributed by atoms with van der Waals surface area (Å²) in [5.41, 5.74) is 2.35. The number of benzene rings is 2. The summed E-state index contributed by atoms with van der Waals surface area (Å²) in [5, 5.41) is 3.79. The standard InChI is InChI=1S/C17H12ClFN2O/c1-10-4-7-15(13-3-2-8-20-16(10)13)21-17(22)12-6-5-11(18)9-14(12)19/h2-9H,1H3,(H,21,22). The number of carbonyl (C=O) groups is 1. The maximum Gasteiger partial charge on any atom is 0.258 e. The molecule has 1 heterocycles. The topological polar surface area (TPSA) is 42.0 Å². The first-order valence-corrected chi connectivity index (χ1v) is 7.05. The summed E-state index contributed by atoms with van der Waals surface area (Å²) in [5.74, 6) is -1.18. The van der Waals surface area contributed by atoms with Crippen molar-refractivity contribution < 1.29 is 9.18 Å². The van der Waals surface area contributed by atoms with E-state index in [0.29, 0.717) is 5.69 Å². The van der Waals surface area contributed by atoms with Crippen molar-refractivity contribution in [1.29, 1.82) is 0 Å². The van der Waals surface area contributed by atoms with Crippen molar-refractivity contribution in [3.8, 4) is 0 Å². The Morgan fingerprint density at radius 2 is 2.05 bits per heavy atom. The molecule has 0 atom stereocenters. The van der Waals surface area contributed by atoms with E-state index >= 15 is 0 Å². The number of carbonyl (C=O) groups excluding carboxylic acids is 1. The summed E-state index contributed by atoms with van der Waals surface area (Å²) in [6.45, 7) is 1.94. The summed E-state index contributed by atoms with van der Waals surface area (Å²) in [6, 6.07) is 11.3. The van der Waals surface area contributed by atoms with Crippen LogP contribution in [0.15, 0.2) is 48.7 Å². The smallest absolute Gasteiger partial charge is 0.258 e. The van der Waals surface area contributed by atoms with Crippen LogP contribution in [0.1, 0.15) is 15.9 Å². The van der Waals surface area contributed by atoms with Crippen LogP contribution in [0, 0.1) is 12.7 Å². The van der Waals surface area contributed by atoms with Gasteiger partial charge >= 0.3 is 0 Å². The molecule has 1 N–H and O–H groups in total. The third-order valence-electron chi connectivity index (χ3n) is 3.40. The molecule has 0 saturated carbocycles. The highest BCUT2D eigenvalue weighted by Crippen LogP contribution is 2.25. The predicted molar refractivity (Wildman–Crippen MR) is 85.8 cm³/mol. The Kier molecular flexibility index (Phi) is 3.77. The van der Waals surface area contributed by atoms with Crippen LogP contribution in [0.5, 0.6) is 0 Å². The lowest BCUT2D eigenvalue weighted by atomic mass is 10.1. The van der Waals surface area contributed by atoms with Gasteiger partial charge in [0, 0.05) is 16.6 Å². The second-order valence-electron chi connectivity index (χ2n) is 4.91. The molecule has 0 saturated heterocycles. The summed E-state index contributed by atoms with van der Waals surface area (Å²) in [4.78, 5) is 16.6. The number of hydrogen-bond donors (Lipinski definition) is 1. The second kappa shape index (κ2) is 5.73. The van der Waals surface area contributed by atoms with Gasteiger partial charge in [0.15, 0.2) is 0 Å². The highest BCUT2D eigenvalue weighted by atomic mass is 35.5. The van der Waals surface area contributed by atoms with E-state index in [1.165, 1.54) is 12.1 Å². The second-order valence-corrected chi connectivity index (χ2v) is 5.34. The Morgan fingerprint density at radius 1 is 1.23 bits per heavy atom. The van der Waals surface area contributed by atoms with Gasteiger partial charge in [-0.2, -0.15) is 0 Å². The van der Waals surface area contributed by atoms with Crippen LogP contribution >= 0.6 is 11.6 Å². The number of rotatable bonds is 2. The molecule has 5 heteroatoms. The molecule has 3 aromatic rings. The third kappa shape index (κ3) is 2.65. The van der Waals surface area contributed by atoms with Gasteiger partial charge in [0.25, 0.3) is 5.91 Å². The molecule has 2 aromatic carbocycles. The predicted octanol–water partition coefficient (Wildman–Crippen LogP) is 4.59. The molecule has 3 rings (SSSR count). The fourth-order valence-corrected chi connectivity index (χ4v) is 2.44. The van der Waals surface area contributed by atoms with E-state index in [0.717, 1.165) is 22.5 Å².